The van der Waals surface area contributed by atoms with Gasteiger partial charge in [0.05, 0.1) is 15.5 Å². The molecule has 108 valence electrons. The Bertz CT molecular complexity index is 710. The maximum Gasteiger partial charge on any atom is 0.324 e. The van der Waals surface area contributed by atoms with Crippen molar-refractivity contribution in [3.05, 3.63) is 62.0 Å². The summed E-state index contributed by atoms with van der Waals surface area (Å²) < 4.78 is 0. The van der Waals surface area contributed by atoms with Crippen LogP contribution in [0.4, 0.5) is 5.00 Å². The Balaban J connectivity index is 2.07. The van der Waals surface area contributed by atoms with Gasteiger partial charge in [-0.15, -0.1) is 0 Å². The van der Waals surface area contributed by atoms with Crippen molar-refractivity contribution in [2.75, 3.05) is 0 Å². The first-order valence-electron chi connectivity index (χ1n) is 5.82. The van der Waals surface area contributed by atoms with Crippen molar-refractivity contribution in [1.29, 1.82) is 0 Å². The highest BCUT2D eigenvalue weighted by molar-refractivity contribution is 7.17. The van der Waals surface area contributed by atoms with E-state index >= 15 is 0 Å². The van der Waals surface area contributed by atoms with Crippen LogP contribution >= 0.6 is 22.9 Å². The second-order valence-corrected chi connectivity index (χ2v) is 5.54. The number of hydrogen-bond donors (Lipinski definition) is 1. The van der Waals surface area contributed by atoms with Crippen molar-refractivity contribution in [3.8, 4) is 0 Å². The van der Waals surface area contributed by atoms with E-state index < -0.39 is 4.92 Å². The molecule has 2 aromatic rings. The quantitative estimate of drug-likeness (QED) is 0.531. The zero-order valence-corrected chi connectivity index (χ0v) is 12.4. The summed E-state index contributed by atoms with van der Waals surface area (Å²) in [7, 11) is 0. The van der Waals surface area contributed by atoms with E-state index in [2.05, 4.69) is 10.5 Å². The minimum Gasteiger partial charge on any atom is -0.267 e. The molecular weight excluding hydrogens is 314 g/mol. The normalized spacial score (nSPS) is 11.2. The number of rotatable bonds is 4. The first-order valence-corrected chi connectivity index (χ1v) is 7.01. The van der Waals surface area contributed by atoms with Crippen LogP contribution in [0.2, 0.25) is 5.02 Å². The smallest absolute Gasteiger partial charge is 0.267 e. The zero-order chi connectivity index (χ0) is 15.4. The van der Waals surface area contributed by atoms with Gasteiger partial charge in [0, 0.05) is 16.7 Å². The lowest BCUT2D eigenvalue weighted by Gasteiger charge is -2.01. The molecule has 0 radical (unpaired) electrons. The van der Waals surface area contributed by atoms with Gasteiger partial charge in [0.1, 0.15) is 0 Å². The molecule has 1 aromatic carbocycles. The van der Waals surface area contributed by atoms with Crippen LogP contribution in [0.15, 0.2) is 41.5 Å². The van der Waals surface area contributed by atoms with E-state index in [1.54, 1.807) is 37.3 Å². The molecule has 21 heavy (non-hydrogen) atoms. The number of nitrogens with zero attached hydrogens (tertiary/aromatic N) is 2. The number of halogens is 1. The van der Waals surface area contributed by atoms with E-state index in [-0.39, 0.29) is 10.9 Å². The Kier molecular flexibility index (Phi) is 4.66. The molecular formula is C13H10ClN3O3S. The molecule has 2 rings (SSSR count). The monoisotopic (exact) mass is 323 g/mol. The van der Waals surface area contributed by atoms with Gasteiger partial charge < -0.3 is 0 Å². The maximum absolute atomic E-state index is 11.8. The molecule has 8 heteroatoms. The number of thiophene rings is 1. The molecule has 1 N–H and O–H groups in total. The summed E-state index contributed by atoms with van der Waals surface area (Å²) in [5.41, 5.74) is 3.32. The average molecular weight is 324 g/mol. The Morgan fingerprint density at radius 3 is 2.52 bits per heavy atom. The zero-order valence-electron chi connectivity index (χ0n) is 10.9. The van der Waals surface area contributed by atoms with Gasteiger partial charge in [-0.05, 0) is 37.3 Å². The van der Waals surface area contributed by atoms with Crippen LogP contribution in [-0.2, 0) is 0 Å². The topological polar surface area (TPSA) is 84.6 Å². The largest absolute Gasteiger partial charge is 0.324 e. The molecule has 0 atom stereocenters. The molecule has 6 nitrogen and oxygen atoms in total. The first-order chi connectivity index (χ1) is 9.97. The lowest BCUT2D eigenvalue weighted by molar-refractivity contribution is -0.380. The van der Waals surface area contributed by atoms with Crippen LogP contribution < -0.4 is 5.43 Å². The third kappa shape index (κ3) is 3.87. The number of amides is 1. The SMILES string of the molecule is C/C(=N\NC(=O)c1ccc(Cl)cc1)c1ccc([N+](=O)[O-])s1. The van der Waals surface area contributed by atoms with Gasteiger partial charge in [-0.1, -0.05) is 22.9 Å². The first kappa shape index (κ1) is 15.1. The number of hydrazone groups is 1. The second kappa shape index (κ2) is 6.47. The van der Waals surface area contributed by atoms with Crippen LogP contribution in [0.25, 0.3) is 0 Å². The lowest BCUT2D eigenvalue weighted by Crippen LogP contribution is -2.18. The number of nitrogens with one attached hydrogen (secondary N) is 1. The number of hydrogen-bond acceptors (Lipinski definition) is 5. The van der Waals surface area contributed by atoms with Crippen LogP contribution in [0.1, 0.15) is 22.2 Å². The minimum absolute atomic E-state index is 0.0311. The molecule has 0 aliphatic carbocycles. The molecule has 0 aliphatic rings. The summed E-state index contributed by atoms with van der Waals surface area (Å²) in [6.07, 6.45) is 0. The van der Waals surface area contributed by atoms with Crippen molar-refractivity contribution in [3.63, 3.8) is 0 Å². The van der Waals surface area contributed by atoms with Gasteiger partial charge in [0.25, 0.3) is 5.91 Å². The van der Waals surface area contributed by atoms with E-state index in [1.165, 1.54) is 6.07 Å². The number of carbonyl (C=O) groups excluding carboxylic acids is 1. The molecule has 0 aliphatic heterocycles. The summed E-state index contributed by atoms with van der Waals surface area (Å²) in [5.74, 6) is -0.378. The summed E-state index contributed by atoms with van der Waals surface area (Å²) in [6.45, 7) is 1.66. The highest BCUT2D eigenvalue weighted by Gasteiger charge is 2.12. The van der Waals surface area contributed by atoms with Crippen LogP contribution in [-0.4, -0.2) is 16.5 Å². The summed E-state index contributed by atoms with van der Waals surface area (Å²) >= 11 is 6.74. The highest BCUT2D eigenvalue weighted by Crippen LogP contribution is 2.24. The van der Waals surface area contributed by atoms with Crippen molar-refractivity contribution in [2.45, 2.75) is 6.92 Å². The van der Waals surface area contributed by atoms with Crippen LogP contribution in [0.5, 0.6) is 0 Å². The van der Waals surface area contributed by atoms with Crippen LogP contribution in [0.3, 0.4) is 0 Å². The molecule has 1 amide bonds. The molecule has 0 unspecified atom stereocenters. The Hall–Kier alpha value is -2.25. The predicted molar refractivity (Wildman–Crippen MR) is 82.1 cm³/mol. The molecule has 1 heterocycles. The Morgan fingerprint density at radius 2 is 1.95 bits per heavy atom. The van der Waals surface area contributed by atoms with Gasteiger partial charge in [0.15, 0.2) is 0 Å². The summed E-state index contributed by atoms with van der Waals surface area (Å²) in [6, 6.07) is 9.37. The van der Waals surface area contributed by atoms with Crippen molar-refractivity contribution < 1.29 is 9.72 Å². The highest BCUT2D eigenvalue weighted by atomic mass is 35.5. The van der Waals surface area contributed by atoms with Gasteiger partial charge in [-0.3, -0.25) is 14.9 Å². The third-order valence-corrected chi connectivity index (χ3v) is 3.96. The maximum atomic E-state index is 11.8. The number of nitro groups is 1. The molecule has 1 aromatic heterocycles. The van der Waals surface area contributed by atoms with Gasteiger partial charge in [0.2, 0.25) is 0 Å². The molecule has 0 saturated carbocycles. The second-order valence-electron chi connectivity index (χ2n) is 4.04. The van der Waals surface area contributed by atoms with E-state index in [0.29, 0.717) is 21.2 Å². The van der Waals surface area contributed by atoms with E-state index in [4.69, 9.17) is 11.6 Å². The van der Waals surface area contributed by atoms with E-state index in [0.717, 1.165) is 11.3 Å². The molecule has 0 saturated heterocycles. The summed E-state index contributed by atoms with van der Waals surface area (Å²) in [5, 5.41) is 15.1. The Morgan fingerprint density at radius 1 is 1.29 bits per heavy atom. The fourth-order valence-electron chi connectivity index (χ4n) is 1.48. The van der Waals surface area contributed by atoms with Gasteiger partial charge in [-0.2, -0.15) is 5.10 Å². The van der Waals surface area contributed by atoms with Gasteiger partial charge >= 0.3 is 5.00 Å². The van der Waals surface area contributed by atoms with E-state index in [9.17, 15) is 14.9 Å². The predicted octanol–water partition coefficient (Wildman–Crippen LogP) is 3.46. The van der Waals surface area contributed by atoms with Crippen molar-refractivity contribution >= 4 is 39.6 Å². The fourth-order valence-corrected chi connectivity index (χ4v) is 2.37. The molecule has 0 spiro atoms. The average Bonchev–Trinajstić information content (AvgIpc) is 2.95. The molecule has 0 fully saturated rings. The Labute approximate surface area is 129 Å². The van der Waals surface area contributed by atoms with Crippen molar-refractivity contribution in [2.24, 2.45) is 5.10 Å². The van der Waals surface area contributed by atoms with Crippen molar-refractivity contribution in [1.82, 2.24) is 5.43 Å². The number of benzene rings is 1. The van der Waals surface area contributed by atoms with Gasteiger partial charge in [-0.25, -0.2) is 5.43 Å². The van der Waals surface area contributed by atoms with E-state index in [1.807, 2.05) is 0 Å². The molecule has 0 bridgehead atoms. The fraction of sp³-hybridized carbons (Fsp3) is 0.0769. The lowest BCUT2D eigenvalue weighted by atomic mass is 10.2. The third-order valence-electron chi connectivity index (χ3n) is 2.56. The minimum atomic E-state index is -0.465. The standard InChI is InChI=1S/C13H10ClN3O3S/c1-8(11-6-7-12(21-11)17(19)20)15-16-13(18)9-2-4-10(14)5-3-9/h2-7H,1H3,(H,16,18)/b15-8+. The summed E-state index contributed by atoms with van der Waals surface area (Å²) in [4.78, 5) is 22.6. The van der Waals surface area contributed by atoms with Crippen LogP contribution in [0, 0.1) is 10.1 Å². The number of carbonyl (C=O) groups is 1.